The van der Waals surface area contributed by atoms with Crippen LogP contribution in [-0.2, 0) is 0 Å². The highest BCUT2D eigenvalue weighted by molar-refractivity contribution is 5.87. The minimum atomic E-state index is 0.852. The molecule has 9 rings (SSSR count). The summed E-state index contributed by atoms with van der Waals surface area (Å²) in [5.41, 5.74) is 13.6. The number of benzene rings is 8. The van der Waals surface area contributed by atoms with E-state index in [0.29, 0.717) is 0 Å². The second-order valence-electron chi connectivity index (χ2n) is 12.6. The highest BCUT2D eigenvalue weighted by atomic mass is 16.5. The molecule has 0 bridgehead atoms. The quantitative estimate of drug-likeness (QED) is 0.170. The summed E-state index contributed by atoms with van der Waals surface area (Å²) in [6.45, 7) is 0. The van der Waals surface area contributed by atoms with Crippen molar-refractivity contribution in [1.82, 2.24) is 0 Å². The monoisotopic (exact) mass is 654 g/mol. The number of ether oxygens (including phenoxy) is 1. The van der Waals surface area contributed by atoms with Crippen LogP contribution in [0.1, 0.15) is 0 Å². The summed E-state index contributed by atoms with van der Waals surface area (Å²) in [5, 5.41) is 0. The van der Waals surface area contributed by atoms with Gasteiger partial charge in [0, 0.05) is 22.7 Å². The Hall–Kier alpha value is -6.84. The van der Waals surface area contributed by atoms with Crippen molar-refractivity contribution in [2.45, 2.75) is 0 Å². The van der Waals surface area contributed by atoms with Crippen molar-refractivity contribution in [3.8, 4) is 44.9 Å². The van der Waals surface area contributed by atoms with E-state index in [4.69, 9.17) is 4.74 Å². The van der Waals surface area contributed by atoms with Gasteiger partial charge >= 0.3 is 0 Å². The van der Waals surface area contributed by atoms with E-state index in [1.807, 2.05) is 24.3 Å². The van der Waals surface area contributed by atoms with Gasteiger partial charge in [-0.05, 0) is 106 Å². The molecule has 1 aliphatic rings. The summed E-state index contributed by atoms with van der Waals surface area (Å²) < 4.78 is 6.22. The number of nitrogens with zero attached hydrogens (tertiary/aromatic N) is 2. The van der Waals surface area contributed by atoms with E-state index < -0.39 is 0 Å². The van der Waals surface area contributed by atoms with E-state index in [1.165, 1.54) is 22.3 Å². The molecule has 0 N–H and O–H groups in total. The van der Waals surface area contributed by atoms with E-state index >= 15 is 0 Å². The van der Waals surface area contributed by atoms with Crippen LogP contribution in [0.5, 0.6) is 11.5 Å². The van der Waals surface area contributed by atoms with Crippen LogP contribution in [0, 0.1) is 0 Å². The minimum absolute atomic E-state index is 0.852. The number of fused-ring (bicyclic) bond motifs is 2. The second-order valence-corrected chi connectivity index (χ2v) is 12.6. The fourth-order valence-electron chi connectivity index (χ4n) is 6.90. The number of hydrogen-bond donors (Lipinski definition) is 0. The van der Waals surface area contributed by atoms with E-state index in [9.17, 15) is 0 Å². The molecule has 0 aliphatic carbocycles. The van der Waals surface area contributed by atoms with Gasteiger partial charge in [0.1, 0.15) is 0 Å². The Kier molecular flexibility index (Phi) is 7.84. The Balaban J connectivity index is 1.04. The number of hydrogen-bond acceptors (Lipinski definition) is 3. The van der Waals surface area contributed by atoms with Gasteiger partial charge in [-0.15, -0.1) is 0 Å². The fourth-order valence-corrected chi connectivity index (χ4v) is 6.90. The molecule has 0 fully saturated rings. The lowest BCUT2D eigenvalue weighted by Gasteiger charge is -2.32. The molecule has 1 aliphatic heterocycles. The lowest BCUT2D eigenvalue weighted by Crippen LogP contribution is -2.15. The zero-order valence-corrected chi connectivity index (χ0v) is 27.9. The van der Waals surface area contributed by atoms with Gasteiger partial charge < -0.3 is 14.5 Å². The normalized spacial score (nSPS) is 11.6. The smallest absolute Gasteiger partial charge is 0.151 e. The van der Waals surface area contributed by atoms with E-state index in [2.05, 4.69) is 192 Å². The molecule has 51 heavy (non-hydrogen) atoms. The maximum Gasteiger partial charge on any atom is 0.151 e. The van der Waals surface area contributed by atoms with Crippen LogP contribution in [0.3, 0.4) is 0 Å². The molecule has 8 aromatic rings. The van der Waals surface area contributed by atoms with Gasteiger partial charge in [0.25, 0.3) is 0 Å². The number of anilines is 6. The maximum absolute atomic E-state index is 6.22. The van der Waals surface area contributed by atoms with Crippen molar-refractivity contribution in [2.75, 3.05) is 9.80 Å². The Morgan fingerprint density at radius 1 is 0.294 bits per heavy atom. The number of para-hydroxylation sites is 4. The lowest BCUT2D eigenvalue weighted by molar-refractivity contribution is 0.477. The molecule has 242 valence electrons. The van der Waals surface area contributed by atoms with E-state index in [1.54, 1.807) is 0 Å². The molecule has 0 aromatic heterocycles. The predicted octanol–water partition coefficient (Wildman–Crippen LogP) is 13.7. The van der Waals surface area contributed by atoms with Crippen molar-refractivity contribution in [3.05, 3.63) is 206 Å². The standard InChI is InChI=1S/C48H34N2O/c1-3-11-35(12-4-1)37-19-27-41(28-20-37)49(42-29-21-38(22-30-42)36-13-5-2-6-14-36)43-31-23-39(24-32-43)40-25-33-44(34-26-40)50-45-15-7-9-17-47(45)51-48-18-10-8-16-46(48)50/h1-34H. The fraction of sp³-hybridized carbons (Fsp3) is 0. The van der Waals surface area contributed by atoms with Crippen LogP contribution in [0.4, 0.5) is 34.1 Å². The third kappa shape index (κ3) is 5.92. The molecule has 0 unspecified atom stereocenters. The van der Waals surface area contributed by atoms with Crippen LogP contribution in [0.15, 0.2) is 206 Å². The van der Waals surface area contributed by atoms with Crippen molar-refractivity contribution >= 4 is 34.1 Å². The number of rotatable bonds is 7. The summed E-state index contributed by atoms with van der Waals surface area (Å²) in [7, 11) is 0. The van der Waals surface area contributed by atoms with Crippen molar-refractivity contribution in [1.29, 1.82) is 0 Å². The summed E-state index contributed by atoms with van der Waals surface area (Å²) in [6.07, 6.45) is 0. The third-order valence-corrected chi connectivity index (χ3v) is 9.48. The molecule has 0 saturated heterocycles. The first-order valence-electron chi connectivity index (χ1n) is 17.3. The average molecular weight is 655 g/mol. The van der Waals surface area contributed by atoms with Crippen LogP contribution in [-0.4, -0.2) is 0 Å². The molecular weight excluding hydrogens is 621 g/mol. The van der Waals surface area contributed by atoms with E-state index in [-0.39, 0.29) is 0 Å². The summed E-state index contributed by atoms with van der Waals surface area (Å²) >= 11 is 0. The summed E-state index contributed by atoms with van der Waals surface area (Å²) in [4.78, 5) is 4.59. The van der Waals surface area contributed by atoms with Gasteiger partial charge in [0.2, 0.25) is 0 Å². The van der Waals surface area contributed by atoms with Gasteiger partial charge in [-0.25, -0.2) is 0 Å². The van der Waals surface area contributed by atoms with Gasteiger partial charge in [0.05, 0.1) is 11.4 Å². The summed E-state index contributed by atoms with van der Waals surface area (Å²) in [6, 6.07) is 72.7. The molecule has 1 heterocycles. The van der Waals surface area contributed by atoms with Crippen molar-refractivity contribution in [2.24, 2.45) is 0 Å². The first-order valence-corrected chi connectivity index (χ1v) is 17.3. The SMILES string of the molecule is c1ccc(-c2ccc(N(c3ccc(-c4ccccc4)cc3)c3ccc(-c4ccc(N5c6ccccc6Oc6ccccc65)cc4)cc3)cc2)cc1. The van der Waals surface area contributed by atoms with Crippen LogP contribution < -0.4 is 14.5 Å². The average Bonchev–Trinajstić information content (AvgIpc) is 3.21. The molecule has 0 amide bonds. The van der Waals surface area contributed by atoms with Crippen LogP contribution in [0.25, 0.3) is 33.4 Å². The van der Waals surface area contributed by atoms with Gasteiger partial charge in [-0.1, -0.05) is 133 Å². The van der Waals surface area contributed by atoms with Crippen LogP contribution in [0.2, 0.25) is 0 Å². The Morgan fingerprint density at radius 2 is 0.608 bits per heavy atom. The van der Waals surface area contributed by atoms with Crippen LogP contribution >= 0.6 is 0 Å². The lowest BCUT2D eigenvalue weighted by atomic mass is 10.0. The Bertz CT molecular complexity index is 2280. The molecule has 0 radical (unpaired) electrons. The first-order chi connectivity index (χ1) is 25.3. The van der Waals surface area contributed by atoms with E-state index in [0.717, 1.165) is 56.8 Å². The summed E-state index contributed by atoms with van der Waals surface area (Å²) in [5.74, 6) is 1.70. The Labute approximate surface area is 298 Å². The van der Waals surface area contributed by atoms with Crippen molar-refractivity contribution in [3.63, 3.8) is 0 Å². The molecule has 0 spiro atoms. The molecule has 3 nitrogen and oxygen atoms in total. The predicted molar refractivity (Wildman–Crippen MR) is 212 cm³/mol. The molecule has 8 aromatic carbocycles. The van der Waals surface area contributed by atoms with Gasteiger partial charge in [-0.2, -0.15) is 0 Å². The van der Waals surface area contributed by atoms with Gasteiger partial charge in [-0.3, -0.25) is 0 Å². The minimum Gasteiger partial charge on any atom is -0.453 e. The zero-order valence-electron chi connectivity index (χ0n) is 27.9. The molecular formula is C48H34N2O. The highest BCUT2D eigenvalue weighted by Gasteiger charge is 2.25. The first kappa shape index (κ1) is 30.2. The second kappa shape index (κ2) is 13.2. The molecule has 0 atom stereocenters. The largest absolute Gasteiger partial charge is 0.453 e. The Morgan fingerprint density at radius 3 is 1.00 bits per heavy atom. The molecule has 3 heteroatoms. The third-order valence-electron chi connectivity index (χ3n) is 9.48. The topological polar surface area (TPSA) is 15.7 Å². The zero-order chi connectivity index (χ0) is 34.0. The molecule has 0 saturated carbocycles. The van der Waals surface area contributed by atoms with Crippen molar-refractivity contribution < 1.29 is 4.74 Å². The van der Waals surface area contributed by atoms with Gasteiger partial charge in [0.15, 0.2) is 11.5 Å². The highest BCUT2D eigenvalue weighted by Crippen LogP contribution is 2.50. The maximum atomic E-state index is 6.22.